The van der Waals surface area contributed by atoms with Crippen LogP contribution in [-0.2, 0) is 0 Å². The zero-order valence-corrected chi connectivity index (χ0v) is 15.1. The Morgan fingerprint density at radius 1 is 0.769 bits per heavy atom. The van der Waals surface area contributed by atoms with Gasteiger partial charge in [0.1, 0.15) is 0 Å². The fraction of sp³-hybridized carbons (Fsp3) is 0.120. The number of fused-ring (bicyclic) bond motifs is 2. The average molecular weight is 335 g/mol. The summed E-state index contributed by atoms with van der Waals surface area (Å²) in [7, 11) is 0. The number of aryl methyl sites for hydroxylation is 2. The molecular formula is C25H21N. The van der Waals surface area contributed by atoms with Crippen LogP contribution in [0.2, 0.25) is 0 Å². The molecule has 1 unspecified atom stereocenters. The van der Waals surface area contributed by atoms with E-state index in [1.165, 1.54) is 44.4 Å². The van der Waals surface area contributed by atoms with Gasteiger partial charge in [-0.3, -0.25) is 0 Å². The Kier molecular flexibility index (Phi) is 3.36. The molecule has 0 radical (unpaired) electrons. The minimum absolute atomic E-state index is 0.365. The van der Waals surface area contributed by atoms with Gasteiger partial charge in [0, 0.05) is 23.2 Å². The molecule has 1 heteroatoms. The van der Waals surface area contributed by atoms with Crippen molar-refractivity contribution in [2.45, 2.75) is 19.8 Å². The minimum Gasteiger partial charge on any atom is -0.317 e. The predicted molar refractivity (Wildman–Crippen MR) is 110 cm³/mol. The standard InChI is InChI=1S/C25H21N/c1-17-3-10-24-20(15-17)7-11-23(24)19-5-8-22(9-6-19)26-14-13-21-16-18(2)4-12-25(21)26/h3-16,23H,1-2H3. The molecule has 3 aromatic carbocycles. The molecule has 0 amide bonds. The first-order chi connectivity index (χ1) is 12.7. The van der Waals surface area contributed by atoms with Gasteiger partial charge in [-0.05, 0) is 60.9 Å². The van der Waals surface area contributed by atoms with E-state index in [9.17, 15) is 0 Å². The fourth-order valence-electron chi connectivity index (χ4n) is 4.05. The molecule has 0 fully saturated rings. The van der Waals surface area contributed by atoms with Gasteiger partial charge in [0.25, 0.3) is 0 Å². The van der Waals surface area contributed by atoms with E-state index in [1.54, 1.807) is 0 Å². The number of hydrogen-bond donors (Lipinski definition) is 0. The van der Waals surface area contributed by atoms with Crippen LogP contribution in [0.5, 0.6) is 0 Å². The topological polar surface area (TPSA) is 4.93 Å². The summed E-state index contributed by atoms with van der Waals surface area (Å²) in [6.07, 6.45) is 6.72. The van der Waals surface area contributed by atoms with Gasteiger partial charge in [-0.15, -0.1) is 0 Å². The summed E-state index contributed by atoms with van der Waals surface area (Å²) in [5.41, 5.74) is 9.19. The number of hydrogen-bond acceptors (Lipinski definition) is 0. The molecule has 1 nitrogen and oxygen atoms in total. The van der Waals surface area contributed by atoms with Crippen LogP contribution in [0, 0.1) is 13.8 Å². The Labute approximate surface area is 154 Å². The lowest BCUT2D eigenvalue weighted by molar-refractivity contribution is 1.04. The van der Waals surface area contributed by atoms with Crippen LogP contribution in [0.3, 0.4) is 0 Å². The van der Waals surface area contributed by atoms with Gasteiger partial charge in [0.2, 0.25) is 0 Å². The first-order valence-corrected chi connectivity index (χ1v) is 9.16. The van der Waals surface area contributed by atoms with Crippen molar-refractivity contribution >= 4 is 17.0 Å². The molecule has 0 saturated heterocycles. The second-order valence-electron chi connectivity index (χ2n) is 7.31. The van der Waals surface area contributed by atoms with Gasteiger partial charge >= 0.3 is 0 Å². The third-order valence-corrected chi connectivity index (χ3v) is 5.42. The highest BCUT2D eigenvalue weighted by Crippen LogP contribution is 2.36. The Bertz CT molecular complexity index is 1140. The van der Waals surface area contributed by atoms with Crippen LogP contribution in [0.4, 0.5) is 0 Å². The first kappa shape index (κ1) is 15.2. The minimum atomic E-state index is 0.365. The summed E-state index contributed by atoms with van der Waals surface area (Å²) in [5.74, 6) is 0.365. The smallest absolute Gasteiger partial charge is 0.0528 e. The van der Waals surface area contributed by atoms with Gasteiger partial charge in [-0.2, -0.15) is 0 Å². The quantitative estimate of drug-likeness (QED) is 0.399. The molecule has 1 aromatic heterocycles. The third kappa shape index (κ3) is 2.40. The Morgan fingerprint density at radius 2 is 1.54 bits per heavy atom. The SMILES string of the molecule is Cc1ccc2c(c1)C=CC2c1ccc(-n2ccc3cc(C)ccc32)cc1. The predicted octanol–water partition coefficient (Wildman–Crippen LogP) is 6.41. The van der Waals surface area contributed by atoms with Gasteiger partial charge in [-0.25, -0.2) is 0 Å². The Morgan fingerprint density at radius 3 is 2.38 bits per heavy atom. The van der Waals surface area contributed by atoms with Crippen molar-refractivity contribution in [2.24, 2.45) is 0 Å². The van der Waals surface area contributed by atoms with E-state index < -0.39 is 0 Å². The molecule has 1 aliphatic carbocycles. The third-order valence-electron chi connectivity index (χ3n) is 5.42. The zero-order chi connectivity index (χ0) is 17.7. The lowest BCUT2D eigenvalue weighted by Crippen LogP contribution is -1.98. The van der Waals surface area contributed by atoms with E-state index in [2.05, 4.69) is 103 Å². The van der Waals surface area contributed by atoms with Crippen molar-refractivity contribution in [3.05, 3.63) is 107 Å². The number of allylic oxidation sites excluding steroid dienone is 1. The first-order valence-electron chi connectivity index (χ1n) is 9.16. The molecule has 0 saturated carbocycles. The van der Waals surface area contributed by atoms with E-state index in [1.807, 2.05) is 0 Å². The van der Waals surface area contributed by atoms with E-state index in [0.717, 1.165) is 0 Å². The molecular weight excluding hydrogens is 314 g/mol. The second kappa shape index (κ2) is 5.74. The number of aromatic nitrogens is 1. The summed E-state index contributed by atoms with van der Waals surface area (Å²) in [6.45, 7) is 4.29. The van der Waals surface area contributed by atoms with Crippen molar-refractivity contribution in [1.29, 1.82) is 0 Å². The van der Waals surface area contributed by atoms with Gasteiger partial charge < -0.3 is 4.57 Å². The summed E-state index contributed by atoms with van der Waals surface area (Å²) in [5, 5.41) is 1.29. The Hall–Kier alpha value is -3.06. The molecule has 1 aliphatic rings. The molecule has 0 aliphatic heterocycles. The number of nitrogens with zero attached hydrogens (tertiary/aromatic N) is 1. The van der Waals surface area contributed by atoms with E-state index in [0.29, 0.717) is 5.92 Å². The second-order valence-corrected chi connectivity index (χ2v) is 7.31. The van der Waals surface area contributed by atoms with Crippen LogP contribution in [0.1, 0.15) is 33.7 Å². The summed E-state index contributed by atoms with van der Waals surface area (Å²) >= 11 is 0. The Balaban J connectivity index is 1.51. The molecule has 0 N–H and O–H groups in total. The van der Waals surface area contributed by atoms with E-state index >= 15 is 0 Å². The molecule has 4 aromatic rings. The van der Waals surface area contributed by atoms with Crippen molar-refractivity contribution in [3.63, 3.8) is 0 Å². The molecule has 0 spiro atoms. The van der Waals surface area contributed by atoms with E-state index in [-0.39, 0.29) is 0 Å². The van der Waals surface area contributed by atoms with Crippen molar-refractivity contribution in [1.82, 2.24) is 4.57 Å². The normalized spacial score (nSPS) is 15.5. The van der Waals surface area contributed by atoms with Crippen LogP contribution in [0.15, 0.2) is 79.0 Å². The number of benzene rings is 3. The highest BCUT2D eigenvalue weighted by Gasteiger charge is 2.19. The van der Waals surface area contributed by atoms with Gasteiger partial charge in [0.15, 0.2) is 0 Å². The summed E-state index contributed by atoms with van der Waals surface area (Å²) < 4.78 is 2.26. The highest BCUT2D eigenvalue weighted by molar-refractivity contribution is 5.82. The molecule has 0 bridgehead atoms. The molecule has 26 heavy (non-hydrogen) atoms. The van der Waals surface area contributed by atoms with Crippen molar-refractivity contribution in [2.75, 3.05) is 0 Å². The lowest BCUT2D eigenvalue weighted by atomic mass is 9.92. The largest absolute Gasteiger partial charge is 0.317 e. The monoisotopic (exact) mass is 335 g/mol. The summed E-state index contributed by atoms with van der Waals surface area (Å²) in [6, 6.07) is 24.5. The molecule has 126 valence electrons. The molecule has 1 atom stereocenters. The van der Waals surface area contributed by atoms with Crippen LogP contribution >= 0.6 is 0 Å². The van der Waals surface area contributed by atoms with E-state index in [4.69, 9.17) is 0 Å². The van der Waals surface area contributed by atoms with Gasteiger partial charge in [0.05, 0.1) is 5.52 Å². The lowest BCUT2D eigenvalue weighted by Gasteiger charge is -2.13. The summed E-state index contributed by atoms with van der Waals surface area (Å²) in [4.78, 5) is 0. The molecule has 5 rings (SSSR count). The zero-order valence-electron chi connectivity index (χ0n) is 15.1. The maximum atomic E-state index is 2.31. The fourth-order valence-corrected chi connectivity index (χ4v) is 4.05. The van der Waals surface area contributed by atoms with Gasteiger partial charge in [-0.1, -0.05) is 59.7 Å². The van der Waals surface area contributed by atoms with Crippen molar-refractivity contribution < 1.29 is 0 Å². The van der Waals surface area contributed by atoms with Crippen LogP contribution < -0.4 is 0 Å². The molecule has 1 heterocycles. The van der Waals surface area contributed by atoms with Crippen LogP contribution in [0.25, 0.3) is 22.7 Å². The maximum absolute atomic E-state index is 2.31. The highest BCUT2D eigenvalue weighted by atomic mass is 15.0. The maximum Gasteiger partial charge on any atom is 0.0528 e. The average Bonchev–Trinajstić information content (AvgIpc) is 3.25. The number of rotatable bonds is 2. The van der Waals surface area contributed by atoms with Crippen molar-refractivity contribution in [3.8, 4) is 5.69 Å². The van der Waals surface area contributed by atoms with Crippen LogP contribution in [-0.4, -0.2) is 4.57 Å².